The van der Waals surface area contributed by atoms with Gasteiger partial charge in [-0.3, -0.25) is 0 Å². The first-order valence-electron chi connectivity index (χ1n) is 5.38. The summed E-state index contributed by atoms with van der Waals surface area (Å²) in [6, 6.07) is 5.27. The maximum absolute atomic E-state index is 11.2. The summed E-state index contributed by atoms with van der Waals surface area (Å²) in [5.41, 5.74) is 0.768. The molecule has 0 saturated heterocycles. The minimum absolute atomic E-state index is 0.143. The summed E-state index contributed by atoms with van der Waals surface area (Å²) in [5, 5.41) is 9.46. The summed E-state index contributed by atoms with van der Waals surface area (Å²) in [5.74, 6) is -1.01. The van der Waals surface area contributed by atoms with Crippen LogP contribution >= 0.6 is 11.6 Å². The van der Waals surface area contributed by atoms with Crippen LogP contribution in [0.15, 0.2) is 30.9 Å². The Labute approximate surface area is 106 Å². The fourth-order valence-corrected chi connectivity index (χ4v) is 1.94. The van der Waals surface area contributed by atoms with Gasteiger partial charge in [-0.05, 0) is 26.0 Å². The number of carboxylic acids is 1. The fraction of sp³-hybridized carbons (Fsp3) is 0.308. The van der Waals surface area contributed by atoms with Crippen LogP contribution < -0.4 is 4.90 Å². The molecule has 1 aromatic rings. The molecule has 0 amide bonds. The topological polar surface area (TPSA) is 40.5 Å². The van der Waals surface area contributed by atoms with E-state index < -0.39 is 5.97 Å². The highest BCUT2D eigenvalue weighted by atomic mass is 35.5. The average molecular weight is 254 g/mol. The summed E-state index contributed by atoms with van der Waals surface area (Å²) in [6.45, 7) is 8.26. The standard InChI is InChI=1S/C13H16ClNO2/c1-4-8-15(9(2)3)11-7-5-6-10(14)12(11)13(16)17/h4-7,9H,1,8H2,2-3H3,(H,16,17). The largest absolute Gasteiger partial charge is 0.478 e. The number of nitrogens with zero attached hydrogens (tertiary/aromatic N) is 1. The van der Waals surface area contributed by atoms with Gasteiger partial charge >= 0.3 is 5.97 Å². The third-order valence-electron chi connectivity index (χ3n) is 2.46. The van der Waals surface area contributed by atoms with Gasteiger partial charge in [0.2, 0.25) is 0 Å². The molecule has 0 aliphatic carbocycles. The number of hydrogen-bond donors (Lipinski definition) is 1. The molecule has 0 fully saturated rings. The number of benzene rings is 1. The molecule has 0 heterocycles. The normalized spacial score (nSPS) is 10.4. The molecule has 1 aromatic carbocycles. The second-order valence-corrected chi connectivity index (χ2v) is 4.38. The summed E-state index contributed by atoms with van der Waals surface area (Å²) in [4.78, 5) is 13.2. The molecule has 0 aliphatic rings. The third-order valence-corrected chi connectivity index (χ3v) is 2.78. The minimum atomic E-state index is -1.01. The predicted molar refractivity (Wildman–Crippen MR) is 71.1 cm³/mol. The third kappa shape index (κ3) is 3.01. The smallest absolute Gasteiger partial charge is 0.339 e. The van der Waals surface area contributed by atoms with E-state index in [-0.39, 0.29) is 16.6 Å². The lowest BCUT2D eigenvalue weighted by molar-refractivity contribution is 0.0697. The van der Waals surface area contributed by atoms with E-state index in [0.717, 1.165) is 0 Å². The highest BCUT2D eigenvalue weighted by molar-refractivity contribution is 6.34. The van der Waals surface area contributed by atoms with Gasteiger partial charge in [0, 0.05) is 12.6 Å². The predicted octanol–water partition coefficient (Wildman–Crippen LogP) is 3.44. The van der Waals surface area contributed by atoms with Crippen molar-refractivity contribution in [3.05, 3.63) is 41.4 Å². The highest BCUT2D eigenvalue weighted by Gasteiger charge is 2.19. The van der Waals surface area contributed by atoms with Crippen LogP contribution in [0.3, 0.4) is 0 Å². The molecule has 92 valence electrons. The van der Waals surface area contributed by atoms with E-state index in [9.17, 15) is 9.90 Å². The Kier molecular flexibility index (Phi) is 4.58. The zero-order chi connectivity index (χ0) is 13.0. The molecular weight excluding hydrogens is 238 g/mol. The molecule has 0 aliphatic heterocycles. The second kappa shape index (κ2) is 5.73. The first kappa shape index (κ1) is 13.6. The molecule has 0 aromatic heterocycles. The van der Waals surface area contributed by atoms with E-state index in [1.54, 1.807) is 24.3 Å². The van der Waals surface area contributed by atoms with Gasteiger partial charge in [-0.25, -0.2) is 4.79 Å². The molecule has 3 nitrogen and oxygen atoms in total. The van der Waals surface area contributed by atoms with Gasteiger partial charge in [0.05, 0.1) is 10.7 Å². The first-order chi connectivity index (χ1) is 7.99. The zero-order valence-electron chi connectivity index (χ0n) is 9.98. The fourth-order valence-electron chi connectivity index (χ4n) is 1.69. The van der Waals surface area contributed by atoms with Crippen LogP contribution in [-0.2, 0) is 0 Å². The van der Waals surface area contributed by atoms with Crippen LogP contribution in [0, 0.1) is 0 Å². The van der Waals surface area contributed by atoms with Crippen LogP contribution in [-0.4, -0.2) is 23.7 Å². The molecule has 0 atom stereocenters. The van der Waals surface area contributed by atoms with Gasteiger partial charge in [0.1, 0.15) is 5.56 Å². The molecule has 1 N–H and O–H groups in total. The van der Waals surface area contributed by atoms with Crippen LogP contribution in [0.5, 0.6) is 0 Å². The number of rotatable bonds is 5. The molecule has 17 heavy (non-hydrogen) atoms. The Morgan fingerprint density at radius 2 is 2.24 bits per heavy atom. The summed E-state index contributed by atoms with van der Waals surface area (Å²) >= 11 is 5.94. The van der Waals surface area contributed by atoms with Gasteiger partial charge in [0.25, 0.3) is 0 Å². The van der Waals surface area contributed by atoms with Gasteiger partial charge < -0.3 is 10.0 Å². The molecule has 0 bridgehead atoms. The quantitative estimate of drug-likeness (QED) is 0.818. The Balaban J connectivity index is 3.32. The molecule has 4 heteroatoms. The summed E-state index contributed by atoms with van der Waals surface area (Å²) in [6.07, 6.45) is 1.74. The lowest BCUT2D eigenvalue weighted by Gasteiger charge is -2.29. The number of carboxylic acid groups (broad SMARTS) is 1. The van der Waals surface area contributed by atoms with Crippen molar-refractivity contribution in [2.24, 2.45) is 0 Å². The van der Waals surface area contributed by atoms with Gasteiger partial charge in [-0.15, -0.1) is 6.58 Å². The van der Waals surface area contributed by atoms with Crippen LogP contribution in [0.25, 0.3) is 0 Å². The van der Waals surface area contributed by atoms with Gasteiger partial charge in [-0.1, -0.05) is 23.7 Å². The zero-order valence-corrected chi connectivity index (χ0v) is 10.7. The first-order valence-corrected chi connectivity index (χ1v) is 5.76. The van der Waals surface area contributed by atoms with Crippen molar-refractivity contribution in [2.45, 2.75) is 19.9 Å². The van der Waals surface area contributed by atoms with Gasteiger partial charge in [-0.2, -0.15) is 0 Å². The van der Waals surface area contributed by atoms with Crippen molar-refractivity contribution >= 4 is 23.3 Å². The van der Waals surface area contributed by atoms with E-state index in [4.69, 9.17) is 11.6 Å². The van der Waals surface area contributed by atoms with E-state index in [2.05, 4.69) is 6.58 Å². The SMILES string of the molecule is C=CCN(c1cccc(Cl)c1C(=O)O)C(C)C. The monoisotopic (exact) mass is 253 g/mol. The summed E-state index contributed by atoms with van der Waals surface area (Å²) < 4.78 is 0. The molecule has 1 rings (SSSR count). The van der Waals surface area contributed by atoms with E-state index in [1.165, 1.54) is 0 Å². The molecule has 0 radical (unpaired) electrons. The van der Waals surface area contributed by atoms with Crippen LogP contribution in [0.2, 0.25) is 5.02 Å². The number of halogens is 1. The van der Waals surface area contributed by atoms with Crippen molar-refractivity contribution in [1.82, 2.24) is 0 Å². The molecule has 0 spiro atoms. The molecular formula is C13H16ClNO2. The number of aromatic carboxylic acids is 1. The maximum Gasteiger partial charge on any atom is 0.339 e. The van der Waals surface area contributed by atoms with Crippen LogP contribution in [0.1, 0.15) is 24.2 Å². The summed E-state index contributed by atoms with van der Waals surface area (Å²) in [7, 11) is 0. The number of carbonyl (C=O) groups is 1. The lowest BCUT2D eigenvalue weighted by Crippen LogP contribution is -2.32. The van der Waals surface area contributed by atoms with E-state index >= 15 is 0 Å². The van der Waals surface area contributed by atoms with Crippen molar-refractivity contribution in [3.63, 3.8) is 0 Å². The number of anilines is 1. The van der Waals surface area contributed by atoms with Crippen molar-refractivity contribution in [1.29, 1.82) is 0 Å². The lowest BCUT2D eigenvalue weighted by atomic mass is 10.1. The second-order valence-electron chi connectivity index (χ2n) is 3.97. The Morgan fingerprint density at radius 1 is 1.59 bits per heavy atom. The Hall–Kier alpha value is -1.48. The Bertz CT molecular complexity index is 429. The van der Waals surface area contributed by atoms with Crippen molar-refractivity contribution in [2.75, 3.05) is 11.4 Å². The van der Waals surface area contributed by atoms with E-state index in [1.807, 2.05) is 18.7 Å². The molecule has 0 saturated carbocycles. The highest BCUT2D eigenvalue weighted by Crippen LogP contribution is 2.28. The molecule has 0 unspecified atom stereocenters. The Morgan fingerprint density at radius 3 is 2.71 bits per heavy atom. The van der Waals surface area contributed by atoms with Crippen LogP contribution in [0.4, 0.5) is 5.69 Å². The average Bonchev–Trinajstić information content (AvgIpc) is 2.24. The van der Waals surface area contributed by atoms with Gasteiger partial charge in [0.15, 0.2) is 0 Å². The minimum Gasteiger partial charge on any atom is -0.478 e. The van der Waals surface area contributed by atoms with E-state index in [0.29, 0.717) is 12.2 Å². The van der Waals surface area contributed by atoms with Crippen molar-refractivity contribution < 1.29 is 9.90 Å². The van der Waals surface area contributed by atoms with Crippen molar-refractivity contribution in [3.8, 4) is 0 Å². The number of hydrogen-bond acceptors (Lipinski definition) is 2. The maximum atomic E-state index is 11.2.